The number of nitrogens with one attached hydrogen (secondary N) is 1. The second kappa shape index (κ2) is 5.89. The maximum absolute atomic E-state index is 13.6. The van der Waals surface area contributed by atoms with Crippen LogP contribution in [0.5, 0.6) is 5.75 Å². The Bertz CT molecular complexity index is 986. The molecule has 0 radical (unpaired) electrons. The van der Waals surface area contributed by atoms with Crippen molar-refractivity contribution in [2.24, 2.45) is 0 Å². The minimum absolute atomic E-state index is 0.189. The Balaban J connectivity index is 1.73. The van der Waals surface area contributed by atoms with Crippen molar-refractivity contribution in [2.75, 3.05) is 11.9 Å². The number of carbonyl (C=O) groups is 1. The van der Waals surface area contributed by atoms with Gasteiger partial charge >= 0.3 is 0 Å². The number of carbonyl (C=O) groups excluding carboxylic acids is 1. The molecule has 126 valence electrons. The molecule has 3 aromatic rings. The van der Waals surface area contributed by atoms with Gasteiger partial charge in [0.25, 0.3) is 5.91 Å². The molecule has 0 aliphatic carbocycles. The number of fused-ring (bicyclic) bond motifs is 3. The van der Waals surface area contributed by atoms with E-state index >= 15 is 0 Å². The van der Waals surface area contributed by atoms with Crippen LogP contribution in [-0.2, 0) is 6.61 Å². The van der Waals surface area contributed by atoms with E-state index < -0.39 is 0 Å². The van der Waals surface area contributed by atoms with Crippen LogP contribution < -0.4 is 9.64 Å². The summed E-state index contributed by atoms with van der Waals surface area (Å²) in [5, 5.41) is 7.52. The molecule has 2 aromatic carbocycles. The van der Waals surface area contributed by atoms with E-state index in [0.717, 1.165) is 0 Å². The number of anilines is 1. The number of benzene rings is 2. The van der Waals surface area contributed by atoms with Crippen molar-refractivity contribution in [3.8, 4) is 17.0 Å². The van der Waals surface area contributed by atoms with E-state index in [1.54, 1.807) is 37.4 Å². The minimum atomic E-state index is -0.381. The molecule has 1 aromatic heterocycles. The Morgan fingerprint density at radius 3 is 2.96 bits per heavy atom. The number of aromatic amines is 1. The molecule has 1 aliphatic rings. The highest BCUT2D eigenvalue weighted by molar-refractivity contribution is 6.31. The van der Waals surface area contributed by atoms with Crippen LogP contribution in [0.25, 0.3) is 11.3 Å². The molecule has 7 heteroatoms. The van der Waals surface area contributed by atoms with Crippen molar-refractivity contribution >= 4 is 23.2 Å². The molecule has 0 saturated carbocycles. The van der Waals surface area contributed by atoms with E-state index in [9.17, 15) is 9.18 Å². The second-order valence-corrected chi connectivity index (χ2v) is 6.14. The first kappa shape index (κ1) is 15.7. The smallest absolute Gasteiger partial charge is 0.278 e. The zero-order valence-corrected chi connectivity index (χ0v) is 14.0. The fourth-order valence-electron chi connectivity index (χ4n) is 2.84. The summed E-state index contributed by atoms with van der Waals surface area (Å²) in [6, 6.07) is 11.2. The van der Waals surface area contributed by atoms with Crippen LogP contribution in [0.3, 0.4) is 0 Å². The summed E-state index contributed by atoms with van der Waals surface area (Å²) in [5.41, 5.74) is 2.66. The van der Waals surface area contributed by atoms with Gasteiger partial charge in [-0.05, 0) is 36.4 Å². The molecule has 25 heavy (non-hydrogen) atoms. The van der Waals surface area contributed by atoms with E-state index in [1.165, 1.54) is 17.0 Å². The Morgan fingerprint density at radius 1 is 1.32 bits per heavy atom. The maximum Gasteiger partial charge on any atom is 0.278 e. The third-order valence-electron chi connectivity index (χ3n) is 4.15. The molecule has 5 nitrogen and oxygen atoms in total. The number of aromatic nitrogens is 2. The van der Waals surface area contributed by atoms with Crippen molar-refractivity contribution in [1.82, 2.24) is 10.2 Å². The lowest BCUT2D eigenvalue weighted by atomic mass is 10.0. The summed E-state index contributed by atoms with van der Waals surface area (Å²) in [6.45, 7) is 0.189. The van der Waals surface area contributed by atoms with Crippen LogP contribution in [0.1, 0.15) is 16.1 Å². The third kappa shape index (κ3) is 2.64. The van der Waals surface area contributed by atoms with Crippen molar-refractivity contribution in [3.63, 3.8) is 0 Å². The number of amides is 1. The van der Waals surface area contributed by atoms with Gasteiger partial charge in [-0.1, -0.05) is 17.7 Å². The van der Waals surface area contributed by atoms with Crippen LogP contribution in [0.2, 0.25) is 5.02 Å². The van der Waals surface area contributed by atoms with Crippen molar-refractivity contribution in [3.05, 3.63) is 64.6 Å². The van der Waals surface area contributed by atoms with Crippen LogP contribution in [0.4, 0.5) is 10.1 Å². The first-order chi connectivity index (χ1) is 12.0. The summed E-state index contributed by atoms with van der Waals surface area (Å²) in [6.07, 6.45) is 0. The van der Waals surface area contributed by atoms with Gasteiger partial charge in [-0.15, -0.1) is 0 Å². The SMILES string of the molecule is CN(C(=O)c1n[nH]c2c1COc1ccc(F)cc1-2)c1cccc(Cl)c1. The summed E-state index contributed by atoms with van der Waals surface area (Å²) < 4.78 is 19.2. The monoisotopic (exact) mass is 357 g/mol. The van der Waals surface area contributed by atoms with E-state index in [4.69, 9.17) is 16.3 Å². The molecule has 1 N–H and O–H groups in total. The van der Waals surface area contributed by atoms with Gasteiger partial charge in [0.05, 0.1) is 5.69 Å². The van der Waals surface area contributed by atoms with E-state index in [0.29, 0.717) is 33.3 Å². The number of hydrogen-bond acceptors (Lipinski definition) is 3. The quantitative estimate of drug-likeness (QED) is 0.753. The van der Waals surface area contributed by atoms with Crippen LogP contribution in [0, 0.1) is 5.82 Å². The van der Waals surface area contributed by atoms with Gasteiger partial charge in [0.15, 0.2) is 5.69 Å². The minimum Gasteiger partial charge on any atom is -0.488 e. The molecule has 0 fully saturated rings. The van der Waals surface area contributed by atoms with Gasteiger partial charge < -0.3 is 9.64 Å². The summed E-state index contributed by atoms with van der Waals surface area (Å²) in [7, 11) is 1.65. The van der Waals surface area contributed by atoms with Crippen LogP contribution in [-0.4, -0.2) is 23.2 Å². The molecular formula is C18H13ClFN3O2. The van der Waals surface area contributed by atoms with E-state index in [2.05, 4.69) is 10.2 Å². The Kier molecular flexibility index (Phi) is 3.69. The topological polar surface area (TPSA) is 58.2 Å². The van der Waals surface area contributed by atoms with Crippen LogP contribution in [0.15, 0.2) is 42.5 Å². The van der Waals surface area contributed by atoms with Gasteiger partial charge in [0, 0.05) is 28.9 Å². The molecule has 1 amide bonds. The lowest BCUT2D eigenvalue weighted by Crippen LogP contribution is -2.28. The van der Waals surface area contributed by atoms with Crippen molar-refractivity contribution in [1.29, 1.82) is 0 Å². The predicted octanol–water partition coefficient (Wildman–Crippen LogP) is 4.04. The largest absolute Gasteiger partial charge is 0.488 e. The number of halogens is 2. The molecular weight excluding hydrogens is 345 g/mol. The molecule has 0 bridgehead atoms. The van der Waals surface area contributed by atoms with E-state index in [1.807, 2.05) is 0 Å². The Labute approximate surface area is 148 Å². The fraction of sp³-hybridized carbons (Fsp3) is 0.111. The van der Waals surface area contributed by atoms with Crippen molar-refractivity contribution < 1.29 is 13.9 Å². The molecule has 4 rings (SSSR count). The first-order valence-electron chi connectivity index (χ1n) is 7.58. The van der Waals surface area contributed by atoms with Gasteiger partial charge in [-0.3, -0.25) is 9.89 Å². The Morgan fingerprint density at radius 2 is 2.16 bits per heavy atom. The maximum atomic E-state index is 13.6. The van der Waals surface area contributed by atoms with Gasteiger partial charge in [-0.2, -0.15) is 5.10 Å². The second-order valence-electron chi connectivity index (χ2n) is 5.70. The fourth-order valence-corrected chi connectivity index (χ4v) is 3.02. The number of nitrogens with zero attached hydrogens (tertiary/aromatic N) is 2. The molecule has 0 unspecified atom stereocenters. The molecule has 0 saturated heterocycles. The van der Waals surface area contributed by atoms with Crippen molar-refractivity contribution in [2.45, 2.75) is 6.61 Å². The zero-order chi connectivity index (χ0) is 17.6. The molecule has 0 atom stereocenters. The molecule has 2 heterocycles. The lowest BCUT2D eigenvalue weighted by molar-refractivity contribution is 0.0985. The predicted molar refractivity (Wildman–Crippen MR) is 92.5 cm³/mol. The summed E-state index contributed by atoms with van der Waals surface area (Å²) in [5.74, 6) is -0.128. The lowest BCUT2D eigenvalue weighted by Gasteiger charge is -2.20. The number of rotatable bonds is 2. The number of H-pyrrole nitrogens is 1. The third-order valence-corrected chi connectivity index (χ3v) is 4.39. The standard InChI is InChI=1S/C18H13ClFN3O2/c1-23(12-4-2-3-10(19)7-12)18(24)17-14-9-25-15-6-5-11(20)8-13(15)16(14)21-22-17/h2-8H,9H2,1H3,(H,21,22). The van der Waals surface area contributed by atoms with E-state index in [-0.39, 0.29) is 24.0 Å². The number of hydrogen-bond donors (Lipinski definition) is 1. The highest BCUT2D eigenvalue weighted by Crippen LogP contribution is 2.38. The normalized spacial score (nSPS) is 12.1. The summed E-state index contributed by atoms with van der Waals surface area (Å²) >= 11 is 5.99. The average Bonchev–Trinajstić information content (AvgIpc) is 3.05. The molecule has 0 spiro atoms. The zero-order valence-electron chi connectivity index (χ0n) is 13.2. The van der Waals surface area contributed by atoms with Crippen LogP contribution >= 0.6 is 11.6 Å². The van der Waals surface area contributed by atoms with Gasteiger partial charge in [0.1, 0.15) is 18.2 Å². The summed E-state index contributed by atoms with van der Waals surface area (Å²) in [4.78, 5) is 14.3. The number of ether oxygens (including phenoxy) is 1. The highest BCUT2D eigenvalue weighted by Gasteiger charge is 2.28. The molecule has 1 aliphatic heterocycles. The van der Waals surface area contributed by atoms with Gasteiger partial charge in [-0.25, -0.2) is 4.39 Å². The average molecular weight is 358 g/mol. The highest BCUT2D eigenvalue weighted by atomic mass is 35.5. The first-order valence-corrected chi connectivity index (χ1v) is 7.96. The Hall–Kier alpha value is -2.86. The van der Waals surface area contributed by atoms with Gasteiger partial charge in [0.2, 0.25) is 0 Å².